The van der Waals surface area contributed by atoms with Gasteiger partial charge in [-0.05, 0) is 24.6 Å². The summed E-state index contributed by atoms with van der Waals surface area (Å²) in [6, 6.07) is 5.21. The van der Waals surface area contributed by atoms with Gasteiger partial charge in [0.05, 0.1) is 5.69 Å². The number of aryl methyl sites for hydroxylation is 1. The normalized spacial score (nSPS) is 11.0. The fourth-order valence-corrected chi connectivity index (χ4v) is 1.42. The molecular weight excluding hydrogens is 260 g/mol. The second-order valence-electron chi connectivity index (χ2n) is 3.99. The van der Waals surface area contributed by atoms with E-state index in [0.29, 0.717) is 11.4 Å². The van der Waals surface area contributed by atoms with Crippen molar-refractivity contribution in [3.8, 4) is 0 Å². The largest absolute Gasteiger partial charge is 0.375 e. The second-order valence-corrected chi connectivity index (χ2v) is 3.99. The van der Waals surface area contributed by atoms with Gasteiger partial charge in [-0.3, -0.25) is 4.79 Å². The molecule has 0 atom stereocenters. The maximum atomic E-state index is 11.4. The van der Waals surface area contributed by atoms with Gasteiger partial charge >= 0.3 is 0 Å². The third-order valence-corrected chi connectivity index (χ3v) is 2.25. The summed E-state index contributed by atoms with van der Waals surface area (Å²) >= 11 is 0. The Kier molecular flexibility index (Phi) is 5.48. The number of benzene rings is 1. The second kappa shape index (κ2) is 7.10. The molecule has 0 heterocycles. The molecule has 0 aliphatic heterocycles. The van der Waals surface area contributed by atoms with E-state index >= 15 is 0 Å². The number of carbonyl (C=O) groups is 1. The summed E-state index contributed by atoms with van der Waals surface area (Å²) in [4.78, 5) is 19.1. The minimum absolute atomic E-state index is 0.0252. The molecule has 7 N–H and O–H groups in total. The number of anilines is 1. The van der Waals surface area contributed by atoms with Gasteiger partial charge in [0, 0.05) is 12.8 Å². The molecule has 20 heavy (non-hydrogen) atoms. The molecule has 0 radical (unpaired) electrons. The summed E-state index contributed by atoms with van der Waals surface area (Å²) in [6.45, 7) is 1.82. The minimum atomic E-state index is -0.261. The molecule has 0 spiro atoms. The van der Waals surface area contributed by atoms with Crippen molar-refractivity contribution < 1.29 is 9.53 Å². The molecular formula is C12H18N6O2. The van der Waals surface area contributed by atoms with Crippen molar-refractivity contribution in [3.63, 3.8) is 0 Å². The highest BCUT2D eigenvalue weighted by Gasteiger charge is 2.04. The lowest BCUT2D eigenvalue weighted by Crippen LogP contribution is -2.26. The summed E-state index contributed by atoms with van der Waals surface area (Å²) in [6.07, 6.45) is 0. The van der Waals surface area contributed by atoms with Crippen molar-refractivity contribution in [1.82, 2.24) is 0 Å². The van der Waals surface area contributed by atoms with Gasteiger partial charge < -0.3 is 27.3 Å². The number of nitrogens with two attached hydrogens (primary N) is 3. The van der Waals surface area contributed by atoms with Crippen LogP contribution in [0, 0.1) is 6.92 Å². The van der Waals surface area contributed by atoms with Crippen LogP contribution < -0.4 is 22.5 Å². The first-order valence-electron chi connectivity index (χ1n) is 5.75. The number of methoxy groups -OCH3 is 1. The molecule has 0 saturated carbocycles. The molecule has 1 aromatic carbocycles. The highest BCUT2D eigenvalue weighted by Crippen LogP contribution is 2.23. The third-order valence-electron chi connectivity index (χ3n) is 2.25. The van der Waals surface area contributed by atoms with E-state index < -0.39 is 0 Å². The zero-order chi connectivity index (χ0) is 15.1. The van der Waals surface area contributed by atoms with Crippen LogP contribution in [0.15, 0.2) is 28.2 Å². The van der Waals surface area contributed by atoms with Crippen molar-refractivity contribution in [2.24, 2.45) is 27.2 Å². The Bertz CT molecular complexity index is 549. The van der Waals surface area contributed by atoms with Crippen molar-refractivity contribution in [1.29, 1.82) is 0 Å². The topological polar surface area (TPSA) is 141 Å². The van der Waals surface area contributed by atoms with Gasteiger partial charge in [0.25, 0.3) is 0 Å². The lowest BCUT2D eigenvalue weighted by molar-refractivity contribution is -0.119. The van der Waals surface area contributed by atoms with Gasteiger partial charge in [0.1, 0.15) is 6.61 Å². The average Bonchev–Trinajstić information content (AvgIpc) is 2.32. The van der Waals surface area contributed by atoms with E-state index in [9.17, 15) is 4.79 Å². The number of hydrogen-bond acceptors (Lipinski definition) is 3. The van der Waals surface area contributed by atoms with Crippen LogP contribution in [0.3, 0.4) is 0 Å². The number of rotatable bonds is 4. The van der Waals surface area contributed by atoms with Gasteiger partial charge in [-0.2, -0.15) is 4.99 Å². The number of ether oxygens (including phenoxy) is 1. The Hall–Kier alpha value is -2.61. The number of carbonyl (C=O) groups excluding carboxylic acids is 1. The average molecular weight is 278 g/mol. The number of hydrogen-bond donors (Lipinski definition) is 4. The van der Waals surface area contributed by atoms with Gasteiger partial charge in [-0.15, -0.1) is 0 Å². The molecule has 0 aliphatic carbocycles. The maximum Gasteiger partial charge on any atom is 0.250 e. The summed E-state index contributed by atoms with van der Waals surface area (Å²) in [7, 11) is 1.44. The van der Waals surface area contributed by atoms with Gasteiger partial charge in [-0.1, -0.05) is 6.07 Å². The first kappa shape index (κ1) is 15.4. The van der Waals surface area contributed by atoms with E-state index in [2.05, 4.69) is 15.3 Å². The third kappa shape index (κ3) is 4.94. The lowest BCUT2D eigenvalue weighted by atomic mass is 10.2. The van der Waals surface area contributed by atoms with Crippen LogP contribution in [0.2, 0.25) is 0 Å². The fourth-order valence-electron chi connectivity index (χ4n) is 1.42. The summed E-state index contributed by atoms with van der Waals surface area (Å²) in [5, 5.41) is 2.67. The van der Waals surface area contributed by atoms with Crippen LogP contribution in [-0.2, 0) is 9.53 Å². The van der Waals surface area contributed by atoms with Crippen molar-refractivity contribution in [2.75, 3.05) is 19.0 Å². The standard InChI is InChI=1S/C12H18N6O2/c1-7-3-4-8(16-10(19)6-20-2)5-9(7)17-12(15)18-11(13)14/h3-5H,6H2,1-2H3,(H,16,19)(H6,13,14,15,17,18). The zero-order valence-electron chi connectivity index (χ0n) is 11.4. The molecule has 0 aromatic heterocycles. The quantitative estimate of drug-likeness (QED) is 0.446. The smallest absolute Gasteiger partial charge is 0.250 e. The Balaban J connectivity index is 2.97. The van der Waals surface area contributed by atoms with E-state index in [1.54, 1.807) is 18.2 Å². The SMILES string of the molecule is COCC(=O)Nc1ccc(C)c(N=C(N)N=C(N)N)c1. The molecule has 0 unspecified atom stereocenters. The molecule has 1 rings (SSSR count). The van der Waals surface area contributed by atoms with E-state index in [4.69, 9.17) is 21.9 Å². The Morgan fingerprint density at radius 2 is 2.05 bits per heavy atom. The van der Waals surface area contributed by atoms with Crippen LogP contribution >= 0.6 is 0 Å². The van der Waals surface area contributed by atoms with Crippen LogP contribution in [0.25, 0.3) is 0 Å². The monoisotopic (exact) mass is 278 g/mol. The first-order chi connectivity index (χ1) is 9.42. The van der Waals surface area contributed by atoms with Crippen LogP contribution in [0.4, 0.5) is 11.4 Å². The molecule has 0 aliphatic rings. The van der Waals surface area contributed by atoms with E-state index in [1.807, 2.05) is 6.92 Å². The predicted octanol–water partition coefficient (Wildman–Crippen LogP) is -0.200. The van der Waals surface area contributed by atoms with Gasteiger partial charge in [0.15, 0.2) is 5.96 Å². The fraction of sp³-hybridized carbons (Fsp3) is 0.250. The van der Waals surface area contributed by atoms with Crippen molar-refractivity contribution >= 4 is 29.2 Å². The zero-order valence-corrected chi connectivity index (χ0v) is 11.4. The van der Waals surface area contributed by atoms with Crippen LogP contribution in [0.1, 0.15) is 5.56 Å². The molecule has 8 heteroatoms. The molecule has 0 saturated heterocycles. The van der Waals surface area contributed by atoms with Crippen molar-refractivity contribution in [3.05, 3.63) is 23.8 Å². The van der Waals surface area contributed by atoms with E-state index in [0.717, 1.165) is 5.56 Å². The Morgan fingerprint density at radius 1 is 1.35 bits per heavy atom. The molecule has 108 valence electrons. The summed E-state index contributed by atoms with van der Waals surface area (Å²) < 4.78 is 4.73. The number of nitrogens with one attached hydrogen (secondary N) is 1. The lowest BCUT2D eigenvalue weighted by Gasteiger charge is -2.07. The molecule has 8 nitrogen and oxygen atoms in total. The highest BCUT2D eigenvalue weighted by atomic mass is 16.5. The van der Waals surface area contributed by atoms with Gasteiger partial charge in [-0.25, -0.2) is 4.99 Å². The first-order valence-corrected chi connectivity index (χ1v) is 5.75. The highest BCUT2D eigenvalue weighted by molar-refractivity contribution is 5.95. The van der Waals surface area contributed by atoms with E-state index in [1.165, 1.54) is 7.11 Å². The predicted molar refractivity (Wildman–Crippen MR) is 78.8 cm³/mol. The van der Waals surface area contributed by atoms with E-state index in [-0.39, 0.29) is 24.4 Å². The number of amides is 1. The molecule has 1 aromatic rings. The molecule has 0 bridgehead atoms. The maximum absolute atomic E-state index is 11.4. The van der Waals surface area contributed by atoms with Crippen LogP contribution in [0.5, 0.6) is 0 Å². The minimum Gasteiger partial charge on any atom is -0.375 e. The Morgan fingerprint density at radius 3 is 2.65 bits per heavy atom. The summed E-state index contributed by atoms with van der Waals surface area (Å²) in [5.41, 5.74) is 18.0. The number of guanidine groups is 2. The van der Waals surface area contributed by atoms with Crippen LogP contribution in [-0.4, -0.2) is 31.5 Å². The molecule has 0 fully saturated rings. The Labute approximate surface area is 116 Å². The number of aliphatic imine (C=N–C) groups is 2. The van der Waals surface area contributed by atoms with Crippen molar-refractivity contribution in [2.45, 2.75) is 6.92 Å². The van der Waals surface area contributed by atoms with Gasteiger partial charge in [0.2, 0.25) is 11.9 Å². The number of nitrogens with zero attached hydrogens (tertiary/aromatic N) is 2. The summed E-state index contributed by atoms with van der Waals surface area (Å²) in [5.74, 6) is -0.495. The molecule has 1 amide bonds.